The van der Waals surface area contributed by atoms with Crippen molar-refractivity contribution in [1.29, 1.82) is 0 Å². The van der Waals surface area contributed by atoms with Gasteiger partial charge < -0.3 is 9.31 Å². The maximum Gasteiger partial charge on any atom is 0.576 e. The van der Waals surface area contributed by atoms with Crippen LogP contribution in [0.1, 0.15) is 11.1 Å². The van der Waals surface area contributed by atoms with Gasteiger partial charge in [0.2, 0.25) is 0 Å². The van der Waals surface area contributed by atoms with Gasteiger partial charge in [0.25, 0.3) is 0 Å². The molecule has 0 amide bonds. The lowest BCUT2D eigenvalue weighted by atomic mass is 10.1. The summed E-state index contributed by atoms with van der Waals surface area (Å²) in [6.45, 7) is 0. The van der Waals surface area contributed by atoms with E-state index in [1.807, 2.05) is 0 Å². The van der Waals surface area contributed by atoms with Crippen molar-refractivity contribution in [3.8, 4) is 11.5 Å². The van der Waals surface area contributed by atoms with Gasteiger partial charge in [0, 0.05) is 12.5 Å². The van der Waals surface area contributed by atoms with Gasteiger partial charge in [-0.3, -0.25) is 0 Å². The second-order valence-electron chi connectivity index (χ2n) is 6.26. The molecule has 170 valence electrons. The third-order valence-corrected chi connectivity index (χ3v) is 6.02. The molecule has 0 spiro atoms. The Labute approximate surface area is 173 Å². The molecule has 0 N–H and O–H groups in total. The van der Waals surface area contributed by atoms with Crippen LogP contribution in [-0.4, -0.2) is 37.0 Å². The average Bonchev–Trinajstić information content (AvgIpc) is 2.58. The molecule has 2 aromatic rings. The number of hydrogen-bond donors (Lipinski definition) is 0. The Morgan fingerprint density at radius 3 is 1.26 bits per heavy atom. The van der Waals surface area contributed by atoms with E-state index in [1.54, 1.807) is 0 Å². The standard InChI is InChI=1S/C16H13BF6O6S2/c1-30(24,25)9-3-5-13(11(7-9)15(18,19)20)28-17-29-14-6-4-10(31(2,26)27)8-12(14)16(21,22)23/h3-8,17H,1-2H3. The highest BCUT2D eigenvalue weighted by Crippen LogP contribution is 2.39. The molecule has 0 aliphatic carbocycles. The van der Waals surface area contributed by atoms with Crippen LogP contribution < -0.4 is 9.31 Å². The molecule has 0 fully saturated rings. The monoisotopic (exact) mass is 490 g/mol. The summed E-state index contributed by atoms with van der Waals surface area (Å²) in [6.07, 6.45) is -8.65. The summed E-state index contributed by atoms with van der Waals surface area (Å²) in [5, 5.41) is 0. The molecule has 0 aliphatic rings. The van der Waals surface area contributed by atoms with Gasteiger partial charge in [0.05, 0.1) is 20.9 Å². The molecular weight excluding hydrogens is 477 g/mol. The molecule has 0 saturated heterocycles. The predicted octanol–water partition coefficient (Wildman–Crippen LogP) is 3.26. The SMILES string of the molecule is CS(=O)(=O)c1ccc(OBOc2ccc(S(C)(=O)=O)cc2C(F)(F)F)c(C(F)(F)F)c1. The summed E-state index contributed by atoms with van der Waals surface area (Å²) in [4.78, 5) is -1.27. The first-order chi connectivity index (χ1) is 13.9. The fourth-order valence-corrected chi connectivity index (χ4v) is 3.63. The molecule has 0 unspecified atom stereocenters. The zero-order valence-electron chi connectivity index (χ0n) is 15.7. The molecule has 6 nitrogen and oxygen atoms in total. The van der Waals surface area contributed by atoms with Crippen molar-refractivity contribution >= 4 is 27.4 Å². The summed E-state index contributed by atoms with van der Waals surface area (Å²) in [5.74, 6) is -1.75. The molecule has 2 aromatic carbocycles. The van der Waals surface area contributed by atoms with Gasteiger partial charge in [-0.2, -0.15) is 26.3 Å². The summed E-state index contributed by atoms with van der Waals surface area (Å²) in [7, 11) is -9.04. The molecular formula is C16H13BF6O6S2. The van der Waals surface area contributed by atoms with Crippen LogP contribution in [0.4, 0.5) is 26.3 Å². The Kier molecular flexibility index (Phi) is 6.62. The summed E-state index contributed by atoms with van der Waals surface area (Å²) >= 11 is 0. The summed E-state index contributed by atoms with van der Waals surface area (Å²) in [6, 6.07) is 3.71. The Bertz CT molecular complexity index is 1100. The molecule has 0 saturated carbocycles. The van der Waals surface area contributed by atoms with Crippen molar-refractivity contribution in [3.63, 3.8) is 0 Å². The quantitative estimate of drug-likeness (QED) is 0.457. The van der Waals surface area contributed by atoms with E-state index in [-0.39, 0.29) is 0 Å². The van der Waals surface area contributed by atoms with Crippen molar-refractivity contribution in [1.82, 2.24) is 0 Å². The molecule has 0 bridgehead atoms. The zero-order chi connectivity index (χ0) is 23.8. The van der Waals surface area contributed by atoms with Crippen molar-refractivity contribution < 1.29 is 52.5 Å². The second-order valence-corrected chi connectivity index (χ2v) is 10.3. The van der Waals surface area contributed by atoms with Gasteiger partial charge in [-0.25, -0.2) is 16.8 Å². The Hall–Kier alpha value is -2.42. The van der Waals surface area contributed by atoms with E-state index in [1.165, 1.54) is 0 Å². The van der Waals surface area contributed by atoms with Crippen LogP contribution in [0.2, 0.25) is 0 Å². The van der Waals surface area contributed by atoms with Gasteiger partial charge in [-0.1, -0.05) is 0 Å². The van der Waals surface area contributed by atoms with Gasteiger partial charge >= 0.3 is 20.0 Å². The number of rotatable bonds is 6. The molecule has 31 heavy (non-hydrogen) atoms. The normalized spacial score (nSPS) is 13.0. The minimum atomic E-state index is -5.02. The molecule has 0 heterocycles. The number of sulfone groups is 2. The first-order valence-electron chi connectivity index (χ1n) is 7.99. The van der Waals surface area contributed by atoms with Crippen LogP contribution in [0.5, 0.6) is 11.5 Å². The molecule has 0 atom stereocenters. The predicted molar refractivity (Wildman–Crippen MR) is 97.5 cm³/mol. The number of benzene rings is 2. The number of hydrogen-bond acceptors (Lipinski definition) is 6. The van der Waals surface area contributed by atoms with E-state index >= 15 is 0 Å². The summed E-state index contributed by atoms with van der Waals surface area (Å²) < 4.78 is 135. The Morgan fingerprint density at radius 1 is 0.677 bits per heavy atom. The van der Waals surface area contributed by atoms with Crippen molar-refractivity contribution in [2.75, 3.05) is 12.5 Å². The van der Waals surface area contributed by atoms with Crippen LogP contribution in [0.3, 0.4) is 0 Å². The van der Waals surface area contributed by atoms with Crippen LogP contribution in [-0.2, 0) is 32.0 Å². The molecule has 0 aliphatic heterocycles. The molecule has 0 aromatic heterocycles. The van der Waals surface area contributed by atoms with E-state index in [9.17, 15) is 43.2 Å². The van der Waals surface area contributed by atoms with Crippen LogP contribution >= 0.6 is 0 Å². The van der Waals surface area contributed by atoms with Crippen molar-refractivity contribution in [2.24, 2.45) is 0 Å². The van der Waals surface area contributed by atoms with E-state index in [0.717, 1.165) is 12.1 Å². The Balaban J connectivity index is 2.33. The largest absolute Gasteiger partial charge is 0.576 e. The minimum absolute atomic E-state index is 0.326. The maximum atomic E-state index is 13.2. The van der Waals surface area contributed by atoms with E-state index in [0.29, 0.717) is 36.8 Å². The molecule has 0 radical (unpaired) electrons. The topological polar surface area (TPSA) is 86.7 Å². The highest BCUT2D eigenvalue weighted by molar-refractivity contribution is 7.91. The number of alkyl halides is 6. The first kappa shape index (κ1) is 24.9. The first-order valence-corrected chi connectivity index (χ1v) is 11.8. The lowest BCUT2D eigenvalue weighted by Gasteiger charge is -2.17. The smallest absolute Gasteiger partial charge is 0.528 e. The second kappa shape index (κ2) is 8.26. The summed E-state index contributed by atoms with van der Waals surface area (Å²) in [5.41, 5.74) is -2.94. The fraction of sp³-hybridized carbons (Fsp3) is 0.250. The van der Waals surface area contributed by atoms with Crippen molar-refractivity contribution in [2.45, 2.75) is 22.1 Å². The van der Waals surface area contributed by atoms with Crippen LogP contribution in [0.25, 0.3) is 0 Å². The van der Waals surface area contributed by atoms with Gasteiger partial charge in [-0.15, -0.1) is 0 Å². The molecule has 15 heteroatoms. The third kappa shape index (κ3) is 6.29. The zero-order valence-corrected chi connectivity index (χ0v) is 17.3. The highest BCUT2D eigenvalue weighted by Gasteiger charge is 2.37. The lowest BCUT2D eigenvalue weighted by Crippen LogP contribution is -2.18. The van der Waals surface area contributed by atoms with Crippen molar-refractivity contribution in [3.05, 3.63) is 47.5 Å². The van der Waals surface area contributed by atoms with Gasteiger partial charge in [0.1, 0.15) is 11.5 Å². The van der Waals surface area contributed by atoms with E-state index < -0.39 is 72.1 Å². The fourth-order valence-electron chi connectivity index (χ4n) is 2.33. The van der Waals surface area contributed by atoms with Crippen LogP contribution in [0.15, 0.2) is 46.2 Å². The highest BCUT2D eigenvalue weighted by atomic mass is 32.2. The number of halogens is 6. The molecule has 2 rings (SSSR count). The van der Waals surface area contributed by atoms with E-state index in [2.05, 4.69) is 0 Å². The minimum Gasteiger partial charge on any atom is -0.528 e. The maximum absolute atomic E-state index is 13.2. The third-order valence-electron chi connectivity index (χ3n) is 3.80. The van der Waals surface area contributed by atoms with Gasteiger partial charge in [-0.05, 0) is 36.4 Å². The lowest BCUT2D eigenvalue weighted by molar-refractivity contribution is -0.139. The Morgan fingerprint density at radius 2 is 1.00 bits per heavy atom. The average molecular weight is 490 g/mol. The van der Waals surface area contributed by atoms with Crippen LogP contribution in [0, 0.1) is 0 Å². The van der Waals surface area contributed by atoms with E-state index in [4.69, 9.17) is 9.31 Å². The van der Waals surface area contributed by atoms with Gasteiger partial charge in [0.15, 0.2) is 19.7 Å².